The lowest BCUT2D eigenvalue weighted by Crippen LogP contribution is -2.42. The van der Waals surface area contributed by atoms with E-state index in [4.69, 9.17) is 21.9 Å². The highest BCUT2D eigenvalue weighted by atomic mass is 35.5. The minimum atomic E-state index is -0.325. The Labute approximate surface area is 198 Å². The maximum absolute atomic E-state index is 13.5. The van der Waals surface area contributed by atoms with Gasteiger partial charge in [0.15, 0.2) is 0 Å². The number of carbonyl (C=O) groups excluding carboxylic acids is 2. The third kappa shape index (κ3) is 5.97. The van der Waals surface area contributed by atoms with Gasteiger partial charge in [-0.3, -0.25) is 14.6 Å². The second kappa shape index (κ2) is 10.1. The van der Waals surface area contributed by atoms with Crippen LogP contribution >= 0.6 is 11.6 Å². The number of aromatic nitrogens is 2. The number of anilines is 1. The molecule has 0 fully saturated rings. The van der Waals surface area contributed by atoms with Crippen molar-refractivity contribution in [3.8, 4) is 0 Å². The van der Waals surface area contributed by atoms with Gasteiger partial charge in [0.2, 0.25) is 0 Å². The topological polar surface area (TPSA) is 114 Å². The number of halogens is 1. The van der Waals surface area contributed by atoms with Crippen molar-refractivity contribution in [2.75, 3.05) is 18.4 Å². The lowest BCUT2D eigenvalue weighted by molar-refractivity contribution is 0.0670. The average molecular weight is 470 g/mol. The third-order valence-corrected chi connectivity index (χ3v) is 5.68. The highest BCUT2D eigenvalue weighted by Crippen LogP contribution is 2.27. The van der Waals surface area contributed by atoms with Crippen molar-refractivity contribution in [2.24, 2.45) is 11.1 Å². The Morgan fingerprint density at radius 3 is 2.48 bits per heavy atom. The summed E-state index contributed by atoms with van der Waals surface area (Å²) in [6, 6.07) is 8.45. The van der Waals surface area contributed by atoms with E-state index in [1.165, 1.54) is 0 Å². The second-order valence-corrected chi connectivity index (χ2v) is 9.13. The summed E-state index contributed by atoms with van der Waals surface area (Å²) < 4.78 is 5.20. The molecule has 3 aromatic rings. The molecule has 3 rings (SSSR count). The summed E-state index contributed by atoms with van der Waals surface area (Å²) in [5, 5.41) is 7.26. The lowest BCUT2D eigenvalue weighted by atomic mass is 9.92. The van der Waals surface area contributed by atoms with E-state index in [0.717, 1.165) is 0 Å². The fourth-order valence-corrected chi connectivity index (χ4v) is 3.59. The van der Waals surface area contributed by atoms with E-state index < -0.39 is 0 Å². The van der Waals surface area contributed by atoms with Crippen molar-refractivity contribution in [2.45, 2.75) is 34.2 Å². The number of aryl methyl sites for hydroxylation is 2. The molecule has 0 aliphatic rings. The van der Waals surface area contributed by atoms with Gasteiger partial charge in [-0.15, -0.1) is 0 Å². The van der Waals surface area contributed by atoms with Crippen LogP contribution in [0, 0.1) is 19.3 Å². The summed E-state index contributed by atoms with van der Waals surface area (Å²) in [5.74, 6) is -0.0221. The first-order valence-electron chi connectivity index (χ1n) is 10.5. The summed E-state index contributed by atoms with van der Waals surface area (Å²) in [4.78, 5) is 31.6. The van der Waals surface area contributed by atoms with Crippen molar-refractivity contribution in [1.82, 2.24) is 15.0 Å². The smallest absolute Gasteiger partial charge is 0.259 e. The molecule has 0 unspecified atom stereocenters. The zero-order valence-electron chi connectivity index (χ0n) is 19.2. The molecule has 3 N–H and O–H groups in total. The first-order valence-corrected chi connectivity index (χ1v) is 10.9. The highest BCUT2D eigenvalue weighted by molar-refractivity contribution is 6.31. The first-order chi connectivity index (χ1) is 15.6. The fourth-order valence-electron chi connectivity index (χ4n) is 3.41. The summed E-state index contributed by atoms with van der Waals surface area (Å²) in [6.45, 7) is 8.45. The van der Waals surface area contributed by atoms with Gasteiger partial charge >= 0.3 is 0 Å². The summed E-state index contributed by atoms with van der Waals surface area (Å²) in [6.07, 6.45) is 3.11. The summed E-state index contributed by atoms with van der Waals surface area (Å²) in [7, 11) is 0. The molecule has 0 aliphatic heterocycles. The summed E-state index contributed by atoms with van der Waals surface area (Å²) >= 11 is 6.48. The minimum Gasteiger partial charge on any atom is -0.361 e. The van der Waals surface area contributed by atoms with E-state index in [2.05, 4.69) is 15.5 Å². The molecular formula is C24H28ClN5O3. The van der Waals surface area contributed by atoms with Gasteiger partial charge in [0.05, 0.1) is 5.69 Å². The third-order valence-electron chi connectivity index (χ3n) is 5.31. The SMILES string of the molecule is Cc1noc(C)c1C(=O)N(Cc1cc(NC(=O)c2ccncc2)ccc1Cl)CC(C)(C)CN. The van der Waals surface area contributed by atoms with Crippen LogP contribution in [-0.2, 0) is 6.54 Å². The number of amides is 2. The normalized spacial score (nSPS) is 11.3. The lowest BCUT2D eigenvalue weighted by Gasteiger charge is -2.32. The molecule has 1 aromatic carbocycles. The molecule has 0 saturated heterocycles. The van der Waals surface area contributed by atoms with Crippen LogP contribution in [-0.4, -0.2) is 39.9 Å². The van der Waals surface area contributed by atoms with Crippen molar-refractivity contribution in [1.29, 1.82) is 0 Å². The predicted molar refractivity (Wildman–Crippen MR) is 127 cm³/mol. The molecule has 8 nitrogen and oxygen atoms in total. The van der Waals surface area contributed by atoms with Crippen LogP contribution in [0.3, 0.4) is 0 Å². The quantitative estimate of drug-likeness (QED) is 0.510. The van der Waals surface area contributed by atoms with Crippen LogP contribution in [0.15, 0.2) is 47.2 Å². The van der Waals surface area contributed by atoms with Gasteiger partial charge in [-0.2, -0.15) is 0 Å². The van der Waals surface area contributed by atoms with Crippen molar-refractivity contribution >= 4 is 29.1 Å². The largest absolute Gasteiger partial charge is 0.361 e. The van der Waals surface area contributed by atoms with E-state index in [0.29, 0.717) is 51.9 Å². The van der Waals surface area contributed by atoms with Crippen LogP contribution in [0.25, 0.3) is 0 Å². The maximum atomic E-state index is 13.5. The van der Waals surface area contributed by atoms with E-state index >= 15 is 0 Å². The predicted octanol–water partition coefficient (Wildman–Crippen LogP) is 4.22. The average Bonchev–Trinajstić information content (AvgIpc) is 3.13. The molecular weight excluding hydrogens is 442 g/mol. The molecule has 2 amide bonds. The zero-order valence-corrected chi connectivity index (χ0v) is 19.9. The number of benzene rings is 1. The fraction of sp³-hybridized carbons (Fsp3) is 0.333. The van der Waals surface area contributed by atoms with Crippen molar-refractivity contribution < 1.29 is 14.1 Å². The molecule has 0 saturated carbocycles. The van der Waals surface area contributed by atoms with Gasteiger partial charge in [-0.05, 0) is 61.7 Å². The van der Waals surface area contributed by atoms with Gasteiger partial charge in [-0.25, -0.2) is 0 Å². The van der Waals surface area contributed by atoms with E-state index in [9.17, 15) is 9.59 Å². The summed E-state index contributed by atoms with van der Waals surface area (Å²) in [5.41, 5.74) is 8.32. The van der Waals surface area contributed by atoms with Gasteiger partial charge < -0.3 is 20.5 Å². The van der Waals surface area contributed by atoms with Gasteiger partial charge in [0.25, 0.3) is 11.8 Å². The van der Waals surface area contributed by atoms with Gasteiger partial charge in [-0.1, -0.05) is 30.6 Å². The van der Waals surface area contributed by atoms with Crippen LogP contribution in [0.5, 0.6) is 0 Å². The monoisotopic (exact) mass is 469 g/mol. The second-order valence-electron chi connectivity index (χ2n) is 8.72. The molecule has 2 aromatic heterocycles. The van der Waals surface area contributed by atoms with E-state index in [1.54, 1.807) is 61.5 Å². The Bertz CT molecular complexity index is 1120. The number of hydrogen-bond acceptors (Lipinski definition) is 6. The molecule has 33 heavy (non-hydrogen) atoms. The molecule has 2 heterocycles. The van der Waals surface area contributed by atoms with E-state index in [1.807, 2.05) is 13.8 Å². The van der Waals surface area contributed by atoms with E-state index in [-0.39, 0.29) is 23.8 Å². The Hall–Kier alpha value is -3.23. The standard InChI is InChI=1S/C24H28ClN5O3/c1-15-21(16(2)33-29-15)23(32)30(14-24(3,4)13-26)12-18-11-19(5-6-20(18)25)28-22(31)17-7-9-27-10-8-17/h5-11H,12-14,26H2,1-4H3,(H,28,31). The Kier molecular flexibility index (Phi) is 7.50. The molecule has 0 spiro atoms. The number of pyridine rings is 1. The number of nitrogens with one attached hydrogen (secondary N) is 1. The maximum Gasteiger partial charge on any atom is 0.259 e. The Morgan fingerprint density at radius 1 is 1.18 bits per heavy atom. The number of carbonyl (C=O) groups is 2. The number of hydrogen-bond donors (Lipinski definition) is 2. The van der Waals surface area contributed by atoms with Crippen LogP contribution < -0.4 is 11.1 Å². The van der Waals surface area contributed by atoms with Crippen molar-refractivity contribution in [3.05, 3.63) is 75.9 Å². The molecule has 0 bridgehead atoms. The van der Waals surface area contributed by atoms with Crippen LogP contribution in [0.4, 0.5) is 5.69 Å². The first kappa shape index (κ1) is 24.4. The molecule has 9 heteroatoms. The molecule has 0 aliphatic carbocycles. The van der Waals surface area contributed by atoms with Crippen molar-refractivity contribution in [3.63, 3.8) is 0 Å². The molecule has 0 radical (unpaired) electrons. The number of nitrogens with zero attached hydrogens (tertiary/aromatic N) is 3. The molecule has 174 valence electrons. The zero-order chi connectivity index (χ0) is 24.2. The van der Waals surface area contributed by atoms with Crippen LogP contribution in [0.1, 0.15) is 51.6 Å². The minimum absolute atomic E-state index is 0.213. The number of rotatable bonds is 8. The Morgan fingerprint density at radius 2 is 1.88 bits per heavy atom. The number of nitrogens with two attached hydrogens (primary N) is 1. The Balaban J connectivity index is 1.89. The van der Waals surface area contributed by atoms with Gasteiger partial charge in [0.1, 0.15) is 11.3 Å². The van der Waals surface area contributed by atoms with Crippen LogP contribution in [0.2, 0.25) is 5.02 Å². The van der Waals surface area contributed by atoms with Gasteiger partial charge in [0, 0.05) is 41.8 Å². The highest BCUT2D eigenvalue weighted by Gasteiger charge is 2.29. The molecule has 0 atom stereocenters.